The van der Waals surface area contributed by atoms with E-state index in [-0.39, 0.29) is 0 Å². The number of aryl methyl sites for hydroxylation is 2. The zero-order valence-electron chi connectivity index (χ0n) is 13.6. The van der Waals surface area contributed by atoms with Crippen LogP contribution in [0.3, 0.4) is 0 Å². The van der Waals surface area contributed by atoms with E-state index in [2.05, 4.69) is 62.7 Å². The fourth-order valence-corrected chi connectivity index (χ4v) is 3.08. The van der Waals surface area contributed by atoms with Gasteiger partial charge in [0.25, 0.3) is 0 Å². The van der Waals surface area contributed by atoms with Gasteiger partial charge >= 0.3 is 0 Å². The van der Waals surface area contributed by atoms with E-state index in [0.717, 1.165) is 36.5 Å². The van der Waals surface area contributed by atoms with Crippen LogP contribution in [0, 0.1) is 6.92 Å². The molecule has 1 aliphatic rings. The minimum absolute atomic E-state index is 0.518. The van der Waals surface area contributed by atoms with E-state index in [9.17, 15) is 0 Å². The van der Waals surface area contributed by atoms with Crippen LogP contribution in [0.25, 0.3) is 0 Å². The number of hydrogen-bond donors (Lipinski definition) is 1. The third kappa shape index (κ3) is 2.80. The number of hydrogen-bond acceptors (Lipinski definition) is 5. The average molecular weight is 317 g/mol. The molecule has 0 saturated carbocycles. The summed E-state index contributed by atoms with van der Waals surface area (Å²) in [5.74, 6) is 1.35. The first-order valence-corrected chi connectivity index (χ1v) is 8.19. The lowest BCUT2D eigenvalue weighted by atomic mass is 10.0. The summed E-state index contributed by atoms with van der Waals surface area (Å²) in [7, 11) is 0. The zero-order valence-corrected chi connectivity index (χ0v) is 13.6. The lowest BCUT2D eigenvalue weighted by Gasteiger charge is -2.30. The summed E-state index contributed by atoms with van der Waals surface area (Å²) in [5, 5.41) is 11.5. The van der Waals surface area contributed by atoms with Crippen LogP contribution in [0.15, 0.2) is 54.7 Å². The molecule has 2 aromatic carbocycles. The fraction of sp³-hybridized carbons (Fsp3) is 0.211. The van der Waals surface area contributed by atoms with Gasteiger partial charge in [0.2, 0.25) is 5.95 Å². The molecule has 5 heteroatoms. The van der Waals surface area contributed by atoms with Crippen molar-refractivity contribution in [2.24, 2.45) is 0 Å². The highest BCUT2D eigenvalue weighted by Crippen LogP contribution is 2.32. The molecule has 0 spiro atoms. The first kappa shape index (κ1) is 14.6. The first-order chi connectivity index (χ1) is 11.8. The van der Waals surface area contributed by atoms with Crippen LogP contribution in [0.2, 0.25) is 0 Å². The van der Waals surface area contributed by atoms with Crippen molar-refractivity contribution in [1.82, 2.24) is 15.2 Å². The fourth-order valence-electron chi connectivity index (χ4n) is 3.08. The second-order valence-electron chi connectivity index (χ2n) is 5.96. The third-order valence-electron chi connectivity index (χ3n) is 4.32. The molecule has 1 aliphatic heterocycles. The maximum absolute atomic E-state index is 4.67. The summed E-state index contributed by atoms with van der Waals surface area (Å²) in [4.78, 5) is 6.89. The van der Waals surface area contributed by atoms with Gasteiger partial charge in [-0.25, -0.2) is 0 Å². The van der Waals surface area contributed by atoms with Crippen LogP contribution in [0.4, 0.5) is 23.1 Å². The van der Waals surface area contributed by atoms with Gasteiger partial charge in [-0.2, -0.15) is 10.1 Å². The van der Waals surface area contributed by atoms with E-state index in [1.165, 1.54) is 11.3 Å². The van der Waals surface area contributed by atoms with Crippen molar-refractivity contribution in [1.29, 1.82) is 0 Å². The van der Waals surface area contributed by atoms with Crippen LogP contribution in [-0.2, 0) is 6.42 Å². The molecule has 0 saturated heterocycles. The van der Waals surface area contributed by atoms with Crippen molar-refractivity contribution < 1.29 is 0 Å². The lowest BCUT2D eigenvalue weighted by molar-refractivity contribution is 0.754. The Labute approximate surface area is 141 Å². The molecule has 3 aromatic rings. The van der Waals surface area contributed by atoms with Crippen LogP contribution in [0.1, 0.15) is 17.5 Å². The highest BCUT2D eigenvalue weighted by Gasteiger charge is 2.19. The minimum atomic E-state index is 0.518. The molecule has 0 amide bonds. The minimum Gasteiger partial charge on any atom is -0.325 e. The van der Waals surface area contributed by atoms with E-state index in [0.29, 0.717) is 5.95 Å². The van der Waals surface area contributed by atoms with Gasteiger partial charge in [0.1, 0.15) is 0 Å². The number of fused-ring (bicyclic) bond motifs is 1. The van der Waals surface area contributed by atoms with Gasteiger partial charge in [-0.05, 0) is 43.0 Å². The van der Waals surface area contributed by atoms with E-state index in [1.807, 2.05) is 18.2 Å². The monoisotopic (exact) mass is 317 g/mol. The van der Waals surface area contributed by atoms with Gasteiger partial charge in [0, 0.05) is 17.9 Å². The molecule has 24 heavy (non-hydrogen) atoms. The summed E-state index contributed by atoms with van der Waals surface area (Å²) >= 11 is 0. The zero-order chi connectivity index (χ0) is 16.4. The molecule has 120 valence electrons. The summed E-state index contributed by atoms with van der Waals surface area (Å²) in [6.07, 6.45) is 3.95. The number of rotatable bonds is 3. The standard InChI is InChI=1S/C19H19N5/c1-14-7-2-4-10-16(14)21-19-22-18(13-20-23-19)24-12-6-9-15-8-3-5-11-17(15)24/h2-5,7-8,10-11,13H,6,9,12H2,1H3,(H,21,22,23). The van der Waals surface area contributed by atoms with Gasteiger partial charge in [0.15, 0.2) is 5.82 Å². The highest BCUT2D eigenvalue weighted by atomic mass is 15.3. The smallest absolute Gasteiger partial charge is 0.249 e. The molecule has 2 heterocycles. The summed E-state index contributed by atoms with van der Waals surface area (Å²) < 4.78 is 0. The van der Waals surface area contributed by atoms with Crippen molar-refractivity contribution in [3.05, 3.63) is 65.9 Å². The van der Waals surface area contributed by atoms with E-state index < -0.39 is 0 Å². The maximum Gasteiger partial charge on any atom is 0.249 e. The molecular formula is C19H19N5. The Kier molecular flexibility index (Phi) is 3.83. The SMILES string of the molecule is Cc1ccccc1Nc1nncc(N2CCCc3ccccc32)n1. The lowest BCUT2D eigenvalue weighted by Crippen LogP contribution is -2.25. The predicted molar refractivity (Wildman–Crippen MR) is 96.1 cm³/mol. The Morgan fingerprint density at radius 2 is 1.88 bits per heavy atom. The van der Waals surface area contributed by atoms with E-state index in [1.54, 1.807) is 6.20 Å². The number of nitrogens with zero attached hydrogens (tertiary/aromatic N) is 4. The van der Waals surface area contributed by atoms with Gasteiger partial charge in [-0.1, -0.05) is 36.4 Å². The quantitative estimate of drug-likeness (QED) is 0.791. The normalized spacial score (nSPS) is 13.5. The van der Waals surface area contributed by atoms with Crippen LogP contribution in [-0.4, -0.2) is 21.7 Å². The Morgan fingerprint density at radius 1 is 1.04 bits per heavy atom. The van der Waals surface area contributed by atoms with Gasteiger partial charge in [0.05, 0.1) is 6.20 Å². The third-order valence-corrected chi connectivity index (χ3v) is 4.32. The summed E-state index contributed by atoms with van der Waals surface area (Å²) in [6.45, 7) is 3.00. The van der Waals surface area contributed by atoms with Gasteiger partial charge in [-0.3, -0.25) is 0 Å². The molecule has 0 unspecified atom stereocenters. The predicted octanol–water partition coefficient (Wildman–Crippen LogP) is 4.01. The number of nitrogens with one attached hydrogen (secondary N) is 1. The molecule has 0 radical (unpaired) electrons. The van der Waals surface area contributed by atoms with Crippen molar-refractivity contribution in [3.63, 3.8) is 0 Å². The number of anilines is 4. The van der Waals surface area contributed by atoms with Crippen LogP contribution in [0.5, 0.6) is 0 Å². The molecule has 0 atom stereocenters. The van der Waals surface area contributed by atoms with E-state index >= 15 is 0 Å². The summed E-state index contributed by atoms with van der Waals surface area (Å²) in [5.41, 5.74) is 4.71. The van der Waals surface area contributed by atoms with Gasteiger partial charge in [-0.15, -0.1) is 5.10 Å². The van der Waals surface area contributed by atoms with Crippen molar-refractivity contribution in [2.75, 3.05) is 16.8 Å². The number of benzene rings is 2. The second kappa shape index (κ2) is 6.28. The molecule has 5 nitrogen and oxygen atoms in total. The Morgan fingerprint density at radius 3 is 2.79 bits per heavy atom. The number of aromatic nitrogens is 3. The maximum atomic E-state index is 4.67. The largest absolute Gasteiger partial charge is 0.325 e. The topological polar surface area (TPSA) is 53.9 Å². The molecule has 0 aliphatic carbocycles. The molecular weight excluding hydrogens is 298 g/mol. The van der Waals surface area contributed by atoms with Crippen molar-refractivity contribution in [2.45, 2.75) is 19.8 Å². The molecule has 0 fully saturated rings. The second-order valence-corrected chi connectivity index (χ2v) is 5.96. The molecule has 4 rings (SSSR count). The molecule has 1 aromatic heterocycles. The highest BCUT2D eigenvalue weighted by molar-refractivity contribution is 5.66. The Hall–Kier alpha value is -2.95. The molecule has 0 bridgehead atoms. The Balaban J connectivity index is 1.65. The molecule has 1 N–H and O–H groups in total. The summed E-state index contributed by atoms with van der Waals surface area (Å²) in [6, 6.07) is 16.6. The first-order valence-electron chi connectivity index (χ1n) is 8.19. The van der Waals surface area contributed by atoms with E-state index in [4.69, 9.17) is 0 Å². The van der Waals surface area contributed by atoms with Crippen LogP contribution < -0.4 is 10.2 Å². The van der Waals surface area contributed by atoms with Crippen molar-refractivity contribution >= 4 is 23.1 Å². The van der Waals surface area contributed by atoms with Gasteiger partial charge < -0.3 is 10.2 Å². The van der Waals surface area contributed by atoms with Crippen LogP contribution >= 0.6 is 0 Å². The van der Waals surface area contributed by atoms with Crippen molar-refractivity contribution in [3.8, 4) is 0 Å². The number of para-hydroxylation sites is 2. The average Bonchev–Trinajstić information content (AvgIpc) is 2.63. The Bertz CT molecular complexity index is 862.